The number of rotatable bonds is 8. The van der Waals surface area contributed by atoms with E-state index in [1.165, 1.54) is 4.88 Å². The van der Waals surface area contributed by atoms with Gasteiger partial charge in [-0.2, -0.15) is 0 Å². The van der Waals surface area contributed by atoms with E-state index in [1.54, 1.807) is 17.6 Å². The second-order valence-corrected chi connectivity index (χ2v) is 7.61. The van der Waals surface area contributed by atoms with Crippen LogP contribution in [0.15, 0.2) is 47.2 Å². The highest BCUT2D eigenvalue weighted by molar-refractivity contribution is 7.15. The SMILES string of the molecule is CCN(CC)c1ncc(CNC(c2ccc3c(c2)OCCO3)c2ccco2)s1. The van der Waals surface area contributed by atoms with Gasteiger partial charge in [0.2, 0.25) is 0 Å². The molecule has 1 N–H and O–H groups in total. The number of aromatic nitrogens is 1. The molecule has 4 rings (SSSR count). The van der Waals surface area contributed by atoms with E-state index in [2.05, 4.69) is 35.1 Å². The molecule has 0 fully saturated rings. The zero-order valence-corrected chi connectivity index (χ0v) is 17.0. The fourth-order valence-corrected chi connectivity index (χ4v) is 4.29. The number of hydrogen-bond donors (Lipinski definition) is 1. The van der Waals surface area contributed by atoms with Gasteiger partial charge < -0.3 is 18.8 Å². The summed E-state index contributed by atoms with van der Waals surface area (Å²) in [4.78, 5) is 8.03. The molecule has 6 nitrogen and oxygen atoms in total. The van der Waals surface area contributed by atoms with Crippen LogP contribution in [-0.4, -0.2) is 31.3 Å². The van der Waals surface area contributed by atoms with Crippen LogP contribution < -0.4 is 19.7 Å². The van der Waals surface area contributed by atoms with Gasteiger partial charge >= 0.3 is 0 Å². The third-order valence-corrected chi connectivity index (χ3v) is 5.84. The quantitative estimate of drug-likeness (QED) is 0.612. The molecule has 0 amide bonds. The van der Waals surface area contributed by atoms with Crippen molar-refractivity contribution in [1.82, 2.24) is 10.3 Å². The monoisotopic (exact) mass is 399 g/mol. The lowest BCUT2D eigenvalue weighted by Gasteiger charge is -2.22. The normalized spacial score (nSPS) is 14.1. The fraction of sp³-hybridized carbons (Fsp3) is 0.381. The summed E-state index contributed by atoms with van der Waals surface area (Å²) < 4.78 is 17.1. The summed E-state index contributed by atoms with van der Waals surface area (Å²) in [7, 11) is 0. The summed E-state index contributed by atoms with van der Waals surface area (Å²) in [6.07, 6.45) is 3.65. The number of ether oxygens (including phenoxy) is 2. The molecule has 0 aliphatic carbocycles. The van der Waals surface area contributed by atoms with Crippen molar-refractivity contribution in [3.63, 3.8) is 0 Å². The largest absolute Gasteiger partial charge is 0.486 e. The number of benzene rings is 1. The van der Waals surface area contributed by atoms with Gasteiger partial charge in [0.05, 0.1) is 12.3 Å². The zero-order valence-electron chi connectivity index (χ0n) is 16.2. The van der Waals surface area contributed by atoms with Crippen LogP contribution in [0.4, 0.5) is 5.13 Å². The van der Waals surface area contributed by atoms with Crippen LogP contribution in [0.5, 0.6) is 11.5 Å². The van der Waals surface area contributed by atoms with Gasteiger partial charge in [0, 0.05) is 30.7 Å². The van der Waals surface area contributed by atoms with E-state index in [4.69, 9.17) is 13.9 Å². The van der Waals surface area contributed by atoms with Crippen LogP contribution in [-0.2, 0) is 6.54 Å². The third-order valence-electron chi connectivity index (χ3n) is 4.78. The first-order valence-corrected chi connectivity index (χ1v) is 10.5. The summed E-state index contributed by atoms with van der Waals surface area (Å²) in [5.41, 5.74) is 1.08. The Morgan fingerprint density at radius 2 is 1.96 bits per heavy atom. The van der Waals surface area contributed by atoms with Crippen molar-refractivity contribution in [2.24, 2.45) is 0 Å². The standard InChI is InChI=1S/C21H25N3O3S/c1-3-24(4-2)21-23-14-16(28-21)13-22-20(18-6-5-9-25-18)15-7-8-17-19(12-15)27-11-10-26-17/h5-9,12,14,20,22H,3-4,10-11,13H2,1-2H3. The predicted octanol–water partition coefficient (Wildman–Crippen LogP) is 4.23. The van der Waals surface area contributed by atoms with E-state index in [1.807, 2.05) is 30.5 Å². The van der Waals surface area contributed by atoms with Crippen molar-refractivity contribution in [2.45, 2.75) is 26.4 Å². The number of fused-ring (bicyclic) bond motifs is 1. The van der Waals surface area contributed by atoms with Gasteiger partial charge in [0.25, 0.3) is 0 Å². The number of nitrogens with zero attached hydrogens (tertiary/aromatic N) is 2. The van der Waals surface area contributed by atoms with Crippen molar-refractivity contribution >= 4 is 16.5 Å². The molecule has 1 aromatic carbocycles. The van der Waals surface area contributed by atoms with Crippen molar-refractivity contribution in [2.75, 3.05) is 31.2 Å². The zero-order chi connectivity index (χ0) is 19.3. The molecular formula is C21H25N3O3S. The minimum Gasteiger partial charge on any atom is -0.486 e. The Labute approximate surface area is 169 Å². The molecule has 3 aromatic rings. The Morgan fingerprint density at radius 3 is 2.71 bits per heavy atom. The lowest BCUT2D eigenvalue weighted by Crippen LogP contribution is -2.22. The maximum atomic E-state index is 5.75. The first kappa shape index (κ1) is 18.8. The minimum atomic E-state index is -0.0789. The highest BCUT2D eigenvalue weighted by Gasteiger charge is 2.21. The Morgan fingerprint density at radius 1 is 1.14 bits per heavy atom. The number of thiazole rings is 1. The first-order valence-electron chi connectivity index (χ1n) is 9.64. The Bertz CT molecular complexity index is 890. The van der Waals surface area contributed by atoms with Crippen molar-refractivity contribution in [1.29, 1.82) is 0 Å². The maximum Gasteiger partial charge on any atom is 0.185 e. The van der Waals surface area contributed by atoms with E-state index >= 15 is 0 Å². The molecule has 0 bridgehead atoms. The van der Waals surface area contributed by atoms with Gasteiger partial charge in [-0.15, -0.1) is 11.3 Å². The molecule has 0 saturated heterocycles. The summed E-state index contributed by atoms with van der Waals surface area (Å²) in [6.45, 7) is 8.09. The van der Waals surface area contributed by atoms with Gasteiger partial charge in [-0.1, -0.05) is 6.07 Å². The molecule has 1 aliphatic heterocycles. The number of hydrogen-bond acceptors (Lipinski definition) is 7. The average molecular weight is 400 g/mol. The van der Waals surface area contributed by atoms with Gasteiger partial charge in [-0.25, -0.2) is 4.98 Å². The predicted molar refractivity (Wildman–Crippen MR) is 110 cm³/mol. The van der Waals surface area contributed by atoms with E-state index < -0.39 is 0 Å². The van der Waals surface area contributed by atoms with Gasteiger partial charge in [-0.05, 0) is 43.7 Å². The first-order chi connectivity index (χ1) is 13.8. The molecule has 0 radical (unpaired) electrons. The van der Waals surface area contributed by atoms with Gasteiger partial charge in [-0.3, -0.25) is 5.32 Å². The van der Waals surface area contributed by atoms with Crippen LogP contribution in [0.25, 0.3) is 0 Å². The van der Waals surface area contributed by atoms with Gasteiger partial charge in [0.15, 0.2) is 16.6 Å². The van der Waals surface area contributed by atoms with Crippen LogP contribution in [0.2, 0.25) is 0 Å². The molecule has 1 aliphatic rings. The van der Waals surface area contributed by atoms with Crippen LogP contribution in [0.1, 0.15) is 36.1 Å². The van der Waals surface area contributed by atoms with Gasteiger partial charge in [0.1, 0.15) is 19.0 Å². The molecular weight excluding hydrogens is 374 g/mol. The van der Waals surface area contributed by atoms with E-state index in [0.717, 1.165) is 41.0 Å². The molecule has 0 spiro atoms. The Hall–Kier alpha value is -2.51. The topological polar surface area (TPSA) is 59.8 Å². The summed E-state index contributed by atoms with van der Waals surface area (Å²) >= 11 is 1.72. The molecule has 1 atom stereocenters. The lowest BCUT2D eigenvalue weighted by molar-refractivity contribution is 0.171. The lowest BCUT2D eigenvalue weighted by atomic mass is 10.0. The smallest absolute Gasteiger partial charge is 0.185 e. The van der Waals surface area contributed by atoms with E-state index in [0.29, 0.717) is 19.8 Å². The maximum absolute atomic E-state index is 5.75. The summed E-state index contributed by atoms with van der Waals surface area (Å²) in [5, 5.41) is 4.68. The molecule has 3 heterocycles. The average Bonchev–Trinajstić information content (AvgIpc) is 3.42. The van der Waals surface area contributed by atoms with Crippen LogP contribution >= 0.6 is 11.3 Å². The van der Waals surface area contributed by atoms with E-state index in [9.17, 15) is 0 Å². The number of furan rings is 1. The highest BCUT2D eigenvalue weighted by Crippen LogP contribution is 2.35. The highest BCUT2D eigenvalue weighted by atomic mass is 32.1. The minimum absolute atomic E-state index is 0.0789. The molecule has 28 heavy (non-hydrogen) atoms. The fourth-order valence-electron chi connectivity index (χ4n) is 3.30. The van der Waals surface area contributed by atoms with Crippen molar-refractivity contribution < 1.29 is 13.9 Å². The Kier molecular flexibility index (Phi) is 5.83. The second kappa shape index (κ2) is 8.67. The van der Waals surface area contributed by atoms with Crippen LogP contribution in [0, 0.1) is 0 Å². The molecule has 1 unspecified atom stereocenters. The molecule has 2 aromatic heterocycles. The number of anilines is 1. The summed E-state index contributed by atoms with van der Waals surface area (Å²) in [6, 6.07) is 9.87. The molecule has 0 saturated carbocycles. The number of nitrogens with one attached hydrogen (secondary N) is 1. The van der Waals surface area contributed by atoms with Crippen molar-refractivity contribution in [3.05, 3.63) is 59.0 Å². The van der Waals surface area contributed by atoms with Crippen LogP contribution in [0.3, 0.4) is 0 Å². The molecule has 148 valence electrons. The second-order valence-electron chi connectivity index (χ2n) is 6.51. The van der Waals surface area contributed by atoms with E-state index in [-0.39, 0.29) is 6.04 Å². The third kappa shape index (κ3) is 4.00. The summed E-state index contributed by atoms with van der Waals surface area (Å²) in [5.74, 6) is 2.44. The Balaban J connectivity index is 1.53. The van der Waals surface area contributed by atoms with Crippen molar-refractivity contribution in [3.8, 4) is 11.5 Å². The molecule has 7 heteroatoms.